The summed E-state index contributed by atoms with van der Waals surface area (Å²) in [5.41, 5.74) is 12.4. The highest BCUT2D eigenvalue weighted by Crippen LogP contribution is 2.28. The van der Waals surface area contributed by atoms with Crippen LogP contribution in [0.2, 0.25) is 0 Å². The minimum absolute atomic E-state index is 0. The maximum Gasteiger partial charge on any atom is 0.846 e. The normalized spacial score (nSPS) is 13.5. The van der Waals surface area contributed by atoms with Crippen LogP contribution in [0, 0.1) is 0 Å². The number of hydrogen-bond donors (Lipinski definition) is 1. The minimum atomic E-state index is -1.35. The Morgan fingerprint density at radius 2 is 2.05 bits per heavy atom. The van der Waals surface area contributed by atoms with Crippen molar-refractivity contribution in [2.75, 3.05) is 19.7 Å². The number of aromatic nitrogens is 1. The van der Waals surface area contributed by atoms with Crippen molar-refractivity contribution >= 4 is 48.4 Å². The Morgan fingerprint density at radius 1 is 1.21 bits per heavy atom. The van der Waals surface area contributed by atoms with Crippen LogP contribution in [0.3, 0.4) is 0 Å². The highest BCUT2D eigenvalue weighted by molar-refractivity contribution is 7.12. The van der Waals surface area contributed by atoms with Crippen molar-refractivity contribution in [3.63, 3.8) is 0 Å². The summed E-state index contributed by atoms with van der Waals surface area (Å²) in [6.45, 7) is 0.662. The summed E-state index contributed by atoms with van der Waals surface area (Å²) in [7, 11) is -1.35. The first-order valence-corrected chi connectivity index (χ1v) is 12.7. The number of halogens is 2. The van der Waals surface area contributed by atoms with Gasteiger partial charge in [-0.3, -0.25) is 9.27 Å². The molecule has 0 aliphatic carbocycles. The maximum absolute atomic E-state index is 15.8. The van der Waals surface area contributed by atoms with Crippen LogP contribution in [0.25, 0.3) is 28.7 Å². The van der Waals surface area contributed by atoms with Crippen molar-refractivity contribution in [3.05, 3.63) is 104 Å². The van der Waals surface area contributed by atoms with E-state index < -0.39 is 7.26 Å². The molecule has 8 nitrogen and oxygen atoms in total. The van der Waals surface area contributed by atoms with Crippen LogP contribution in [0.1, 0.15) is 28.2 Å². The summed E-state index contributed by atoms with van der Waals surface area (Å²) in [5, 5.41) is 8.12. The number of carbonyl (C=O) groups excluding carboxylic acids is 1. The topological polar surface area (TPSA) is 95.0 Å². The number of azide groups is 1. The zero-order valence-corrected chi connectivity index (χ0v) is 21.0. The third kappa shape index (κ3) is 5.77. The molecule has 0 saturated carbocycles. The molecule has 0 saturated heterocycles. The van der Waals surface area contributed by atoms with Gasteiger partial charge in [0.25, 0.3) is 5.91 Å². The van der Waals surface area contributed by atoms with Gasteiger partial charge in [-0.05, 0) is 59.3 Å². The van der Waals surface area contributed by atoms with Gasteiger partial charge in [0.15, 0.2) is 12.3 Å². The number of allylic oxidation sites excluding steroid dienone is 2. The number of fused-ring (bicyclic) bond motifs is 2. The van der Waals surface area contributed by atoms with E-state index in [-0.39, 0.29) is 17.2 Å². The number of hydrogen-bond acceptors (Lipinski definition) is 4. The average Bonchev–Trinajstić information content (AvgIpc) is 3.67. The van der Waals surface area contributed by atoms with Crippen molar-refractivity contribution in [3.8, 4) is 5.75 Å². The van der Waals surface area contributed by atoms with Gasteiger partial charge >= 0.3 is 7.26 Å². The molecule has 3 aromatic rings. The quantitative estimate of drug-likeness (QED) is 0.143. The summed E-state index contributed by atoms with van der Waals surface area (Å²) in [6, 6.07) is 15.1. The SMILES string of the molecule is [F-].[N-]=[N+]=NCCCNC(=O)COc1ccc(/C=C/c2ccc3n2B(F)[N+]2=C(c4cccs4)C=CC2=C3)cc1. The highest BCUT2D eigenvalue weighted by atomic mass is 32.1. The van der Waals surface area contributed by atoms with Crippen LogP contribution in [-0.2, 0) is 4.79 Å². The van der Waals surface area contributed by atoms with Gasteiger partial charge in [-0.15, -0.1) is 11.3 Å². The fourth-order valence-corrected chi connectivity index (χ4v) is 4.92. The van der Waals surface area contributed by atoms with Crippen molar-refractivity contribution in [2.45, 2.75) is 6.42 Å². The molecule has 0 spiro atoms. The largest absolute Gasteiger partial charge is 1.00 e. The third-order valence-corrected chi connectivity index (χ3v) is 6.84. The molecule has 0 fully saturated rings. The lowest BCUT2D eigenvalue weighted by molar-refractivity contribution is -0.333. The van der Waals surface area contributed by atoms with E-state index in [4.69, 9.17) is 10.3 Å². The molecular weight excluding hydrogens is 509 g/mol. The molecule has 2 aromatic heterocycles. The number of nitrogens with one attached hydrogen (secondary N) is 1. The van der Waals surface area contributed by atoms with Gasteiger partial charge in [-0.2, -0.15) is 0 Å². The molecule has 0 atom stereocenters. The Balaban J connectivity index is 0.00000336. The first-order chi connectivity index (χ1) is 18.1. The molecule has 1 aromatic carbocycles. The molecule has 12 heteroatoms. The zero-order chi connectivity index (χ0) is 25.6. The lowest BCUT2D eigenvalue weighted by Crippen LogP contribution is -3.00. The average molecular weight is 532 g/mol. The van der Waals surface area contributed by atoms with Crippen LogP contribution in [0.4, 0.5) is 4.32 Å². The van der Waals surface area contributed by atoms with Crippen molar-refractivity contribution in [1.82, 2.24) is 9.79 Å². The molecule has 2 aliphatic heterocycles. The number of carbonyl (C=O) groups is 1. The first kappa shape index (κ1) is 26.7. The Hall–Kier alpha value is -4.41. The molecule has 0 radical (unpaired) electrons. The second-order valence-electron chi connectivity index (χ2n) is 8.35. The molecule has 4 heterocycles. The Kier molecular flexibility index (Phi) is 8.57. The lowest BCUT2D eigenvalue weighted by atomic mass is 9.97. The van der Waals surface area contributed by atoms with E-state index in [0.717, 1.165) is 33.2 Å². The van der Waals surface area contributed by atoms with Crippen molar-refractivity contribution in [1.29, 1.82) is 0 Å². The number of amides is 1. The standard InChI is InChI=1S/C26H22BFN6O2S.FH/c28-27-33-20(8-9-21(33)17-22-10-13-24(34(22)27)25-3-1-16-37-25)7-4-19-5-11-23(12-6-19)36-18-26(35)30-14-2-15-31-32-29;/h1,3-13,16-17H,2,14-15,18H2;1H/b7-4+;. The first-order valence-electron chi connectivity index (χ1n) is 11.8. The molecule has 2 aliphatic rings. The van der Waals surface area contributed by atoms with E-state index in [2.05, 4.69) is 15.3 Å². The predicted molar refractivity (Wildman–Crippen MR) is 145 cm³/mol. The van der Waals surface area contributed by atoms with Crippen molar-refractivity contribution < 1.29 is 23.0 Å². The second kappa shape index (κ2) is 12.2. The number of ether oxygens (including phenoxy) is 1. The van der Waals surface area contributed by atoms with Crippen LogP contribution < -0.4 is 14.8 Å². The van der Waals surface area contributed by atoms with Crippen LogP contribution >= 0.6 is 11.3 Å². The maximum atomic E-state index is 15.8. The minimum Gasteiger partial charge on any atom is -1.00 e. The van der Waals surface area contributed by atoms with Gasteiger partial charge in [0, 0.05) is 47.6 Å². The van der Waals surface area contributed by atoms with E-state index in [1.54, 1.807) is 32.4 Å². The zero-order valence-electron chi connectivity index (χ0n) is 20.2. The number of thiophene rings is 1. The monoisotopic (exact) mass is 532 g/mol. The van der Waals surface area contributed by atoms with E-state index in [1.807, 2.05) is 72.2 Å². The predicted octanol–water partition coefficient (Wildman–Crippen LogP) is 2.15. The number of rotatable bonds is 10. The van der Waals surface area contributed by atoms with E-state index in [0.29, 0.717) is 25.3 Å². The van der Waals surface area contributed by atoms with Gasteiger partial charge < -0.3 is 14.8 Å². The van der Waals surface area contributed by atoms with Gasteiger partial charge in [0.1, 0.15) is 5.75 Å². The summed E-state index contributed by atoms with van der Waals surface area (Å²) >= 11 is 1.59. The van der Waals surface area contributed by atoms with Gasteiger partial charge in [0.2, 0.25) is 5.71 Å². The smallest absolute Gasteiger partial charge is 0.846 e. The molecule has 1 amide bonds. The molecule has 192 valence electrons. The number of nitrogens with zero attached hydrogens (tertiary/aromatic N) is 5. The summed E-state index contributed by atoms with van der Waals surface area (Å²) in [5.74, 6) is 0.328. The summed E-state index contributed by atoms with van der Waals surface area (Å²) in [4.78, 5) is 15.5. The summed E-state index contributed by atoms with van der Waals surface area (Å²) in [6.07, 6.45) is 10.3. The Morgan fingerprint density at radius 3 is 2.82 bits per heavy atom. The molecule has 0 bridgehead atoms. The Bertz CT molecular complexity index is 1470. The third-order valence-electron chi connectivity index (χ3n) is 5.94. The lowest BCUT2D eigenvalue weighted by Gasteiger charge is -2.14. The molecule has 0 unspecified atom stereocenters. The molecule has 1 N–H and O–H groups in total. The molecule has 38 heavy (non-hydrogen) atoms. The Labute approximate surface area is 222 Å². The second-order valence-corrected chi connectivity index (χ2v) is 9.30. The van der Waals surface area contributed by atoms with Crippen LogP contribution in [0.5, 0.6) is 5.75 Å². The van der Waals surface area contributed by atoms with Gasteiger partial charge in [-0.25, -0.2) is 8.80 Å². The van der Waals surface area contributed by atoms with Crippen LogP contribution in [0.15, 0.2) is 76.9 Å². The molecule has 5 rings (SSSR count). The fourth-order valence-electron chi connectivity index (χ4n) is 4.17. The van der Waals surface area contributed by atoms with E-state index in [1.165, 1.54) is 0 Å². The van der Waals surface area contributed by atoms with E-state index in [9.17, 15) is 4.79 Å². The van der Waals surface area contributed by atoms with E-state index >= 15 is 4.32 Å². The van der Waals surface area contributed by atoms with Crippen molar-refractivity contribution in [2.24, 2.45) is 5.11 Å². The number of benzene rings is 1. The highest BCUT2D eigenvalue weighted by Gasteiger charge is 2.47. The summed E-state index contributed by atoms with van der Waals surface area (Å²) < 4.78 is 24.8. The van der Waals surface area contributed by atoms with Gasteiger partial charge in [0.05, 0.1) is 4.88 Å². The van der Waals surface area contributed by atoms with Crippen LogP contribution in [-0.4, -0.2) is 47.5 Å². The molecular formula is C26H23BF2N6O2S. The van der Waals surface area contributed by atoms with Gasteiger partial charge in [-0.1, -0.05) is 29.4 Å². The fraction of sp³-hybridized carbons (Fsp3) is 0.154.